The first-order valence-corrected chi connectivity index (χ1v) is 12.1. The van der Waals surface area contributed by atoms with Gasteiger partial charge < -0.3 is 4.90 Å². The first kappa shape index (κ1) is 21.5. The Morgan fingerprint density at radius 1 is 0.818 bits per heavy atom. The van der Waals surface area contributed by atoms with E-state index in [0.717, 1.165) is 23.4 Å². The minimum atomic E-state index is -0.185. The Balaban J connectivity index is 1.45. The summed E-state index contributed by atoms with van der Waals surface area (Å²) in [4.78, 5) is 32.1. The Labute approximate surface area is 198 Å². The van der Waals surface area contributed by atoms with E-state index in [1.54, 1.807) is 0 Å². The summed E-state index contributed by atoms with van der Waals surface area (Å²) in [6.45, 7) is 3.80. The number of aryl methyl sites for hydroxylation is 1. The van der Waals surface area contributed by atoms with E-state index in [2.05, 4.69) is 23.1 Å². The number of fused-ring (bicyclic) bond motifs is 1. The third-order valence-corrected chi connectivity index (χ3v) is 7.34. The number of nitrogens with zero attached hydrogens (tertiary/aromatic N) is 2. The summed E-state index contributed by atoms with van der Waals surface area (Å²) in [5, 5.41) is 0. The zero-order valence-corrected chi connectivity index (χ0v) is 19.5. The van der Waals surface area contributed by atoms with E-state index < -0.39 is 0 Å². The van der Waals surface area contributed by atoms with Crippen LogP contribution in [0.2, 0.25) is 0 Å². The minimum absolute atomic E-state index is 0.176. The number of amides is 2. The highest BCUT2D eigenvalue weighted by Crippen LogP contribution is 2.38. The number of imide groups is 1. The number of rotatable bonds is 6. The van der Waals surface area contributed by atoms with Crippen LogP contribution in [-0.2, 0) is 29.0 Å². The second-order valence-electron chi connectivity index (χ2n) is 8.53. The zero-order valence-electron chi connectivity index (χ0n) is 18.7. The molecule has 0 aliphatic carbocycles. The van der Waals surface area contributed by atoms with Crippen molar-refractivity contribution >= 4 is 23.6 Å². The SMILES string of the molecule is Cc1ccc(SC2=C(N3CCc4ccccc4C3)C(=O)N(CCc3ccccc3)C2=O)cc1. The van der Waals surface area contributed by atoms with E-state index >= 15 is 0 Å². The zero-order chi connectivity index (χ0) is 22.8. The molecule has 3 aromatic rings. The lowest BCUT2D eigenvalue weighted by Gasteiger charge is -2.31. The van der Waals surface area contributed by atoms with Crippen LogP contribution < -0.4 is 0 Å². The van der Waals surface area contributed by atoms with Gasteiger partial charge in [0.05, 0.1) is 0 Å². The van der Waals surface area contributed by atoms with Gasteiger partial charge in [-0.1, -0.05) is 84.1 Å². The molecule has 33 heavy (non-hydrogen) atoms. The topological polar surface area (TPSA) is 40.6 Å². The molecular weight excluding hydrogens is 428 g/mol. The van der Waals surface area contributed by atoms with Crippen LogP contribution in [0, 0.1) is 6.92 Å². The molecule has 0 aromatic heterocycles. The van der Waals surface area contributed by atoms with Crippen molar-refractivity contribution in [3.05, 3.63) is 112 Å². The lowest BCUT2D eigenvalue weighted by Crippen LogP contribution is -2.38. The Morgan fingerprint density at radius 2 is 1.52 bits per heavy atom. The van der Waals surface area contributed by atoms with Crippen molar-refractivity contribution < 1.29 is 9.59 Å². The number of carbonyl (C=O) groups excluding carboxylic acids is 2. The van der Waals surface area contributed by atoms with Crippen LogP contribution >= 0.6 is 11.8 Å². The maximum absolute atomic E-state index is 13.6. The molecule has 2 amide bonds. The van der Waals surface area contributed by atoms with Crippen molar-refractivity contribution in [1.29, 1.82) is 0 Å². The monoisotopic (exact) mass is 454 g/mol. The van der Waals surface area contributed by atoms with Gasteiger partial charge >= 0.3 is 0 Å². The second-order valence-corrected chi connectivity index (χ2v) is 9.61. The molecule has 2 aliphatic rings. The van der Waals surface area contributed by atoms with Gasteiger partial charge in [0.15, 0.2) is 0 Å². The molecule has 0 unspecified atom stereocenters. The van der Waals surface area contributed by atoms with E-state index in [1.807, 2.05) is 67.6 Å². The fraction of sp³-hybridized carbons (Fsp3) is 0.214. The van der Waals surface area contributed by atoms with Gasteiger partial charge in [-0.25, -0.2) is 0 Å². The Kier molecular flexibility index (Phi) is 6.05. The number of benzene rings is 3. The van der Waals surface area contributed by atoms with Gasteiger partial charge in [-0.15, -0.1) is 0 Å². The summed E-state index contributed by atoms with van der Waals surface area (Å²) in [6, 6.07) is 26.5. The average molecular weight is 455 g/mol. The molecule has 0 atom stereocenters. The molecule has 4 nitrogen and oxygen atoms in total. The van der Waals surface area contributed by atoms with Crippen LogP contribution in [0.1, 0.15) is 22.3 Å². The Bertz CT molecular complexity index is 1220. The van der Waals surface area contributed by atoms with E-state index in [-0.39, 0.29) is 11.8 Å². The van der Waals surface area contributed by atoms with E-state index in [9.17, 15) is 9.59 Å². The van der Waals surface area contributed by atoms with E-state index in [4.69, 9.17) is 0 Å². The minimum Gasteiger partial charge on any atom is -0.361 e. The predicted octanol–water partition coefficient (Wildman–Crippen LogP) is 4.97. The largest absolute Gasteiger partial charge is 0.361 e. The van der Waals surface area contributed by atoms with Gasteiger partial charge in [-0.3, -0.25) is 14.5 Å². The van der Waals surface area contributed by atoms with Crippen molar-refractivity contribution in [2.45, 2.75) is 31.2 Å². The third kappa shape index (κ3) is 4.46. The fourth-order valence-corrected chi connectivity index (χ4v) is 5.43. The van der Waals surface area contributed by atoms with E-state index in [1.165, 1.54) is 33.4 Å². The number of thioether (sulfide) groups is 1. The number of hydrogen-bond acceptors (Lipinski definition) is 4. The molecule has 3 aromatic carbocycles. The predicted molar refractivity (Wildman–Crippen MR) is 131 cm³/mol. The standard InChI is InChI=1S/C28H26N2O2S/c1-20-11-13-24(14-12-20)33-26-25(29-17-16-22-9-5-6-10-23(22)19-29)27(31)30(28(26)32)18-15-21-7-3-2-4-8-21/h2-14H,15-19H2,1H3. The van der Waals surface area contributed by atoms with Crippen LogP contribution in [0.4, 0.5) is 0 Å². The van der Waals surface area contributed by atoms with Crippen LogP contribution in [0.5, 0.6) is 0 Å². The van der Waals surface area contributed by atoms with Crippen molar-refractivity contribution in [1.82, 2.24) is 9.80 Å². The molecule has 0 fully saturated rings. The molecule has 5 rings (SSSR count). The summed E-state index contributed by atoms with van der Waals surface area (Å²) in [7, 11) is 0. The third-order valence-electron chi connectivity index (χ3n) is 6.26. The number of hydrogen-bond donors (Lipinski definition) is 0. The second kappa shape index (κ2) is 9.28. The first-order valence-electron chi connectivity index (χ1n) is 11.3. The highest BCUT2D eigenvalue weighted by Gasteiger charge is 2.41. The Morgan fingerprint density at radius 3 is 2.27 bits per heavy atom. The quantitative estimate of drug-likeness (QED) is 0.493. The van der Waals surface area contributed by atoms with Gasteiger partial charge in [-0.2, -0.15) is 0 Å². The number of carbonyl (C=O) groups is 2. The maximum Gasteiger partial charge on any atom is 0.278 e. The maximum atomic E-state index is 13.6. The van der Waals surface area contributed by atoms with Gasteiger partial charge in [0.25, 0.3) is 11.8 Å². The fourth-order valence-electron chi connectivity index (χ4n) is 4.41. The van der Waals surface area contributed by atoms with Gasteiger partial charge in [0.2, 0.25) is 0 Å². The van der Waals surface area contributed by atoms with Gasteiger partial charge in [0, 0.05) is 24.5 Å². The summed E-state index contributed by atoms with van der Waals surface area (Å²) >= 11 is 1.41. The smallest absolute Gasteiger partial charge is 0.278 e. The summed E-state index contributed by atoms with van der Waals surface area (Å²) < 4.78 is 0. The van der Waals surface area contributed by atoms with Crippen molar-refractivity contribution in [2.24, 2.45) is 0 Å². The summed E-state index contributed by atoms with van der Waals surface area (Å²) in [6.07, 6.45) is 1.52. The molecule has 2 aliphatic heterocycles. The van der Waals surface area contributed by atoms with Crippen LogP contribution in [0.3, 0.4) is 0 Å². The summed E-state index contributed by atoms with van der Waals surface area (Å²) in [5.74, 6) is -0.361. The molecule has 0 N–H and O–H groups in total. The Hall–Kier alpha value is -3.31. The van der Waals surface area contributed by atoms with Crippen molar-refractivity contribution in [3.63, 3.8) is 0 Å². The normalized spacial score (nSPS) is 15.9. The molecular formula is C28H26N2O2S. The van der Waals surface area contributed by atoms with Gasteiger partial charge in [0.1, 0.15) is 10.6 Å². The highest BCUT2D eigenvalue weighted by atomic mass is 32.2. The molecule has 5 heteroatoms. The molecule has 0 saturated heterocycles. The lowest BCUT2D eigenvalue weighted by molar-refractivity contribution is -0.137. The van der Waals surface area contributed by atoms with Crippen LogP contribution in [0.15, 0.2) is 94.4 Å². The van der Waals surface area contributed by atoms with Crippen LogP contribution in [0.25, 0.3) is 0 Å². The molecule has 0 bridgehead atoms. The van der Waals surface area contributed by atoms with E-state index in [0.29, 0.717) is 30.1 Å². The summed E-state index contributed by atoms with van der Waals surface area (Å²) in [5.41, 5.74) is 5.37. The molecule has 0 radical (unpaired) electrons. The average Bonchev–Trinajstić information content (AvgIpc) is 3.08. The van der Waals surface area contributed by atoms with Crippen molar-refractivity contribution in [2.75, 3.05) is 13.1 Å². The first-order chi connectivity index (χ1) is 16.1. The molecule has 166 valence electrons. The molecule has 0 saturated carbocycles. The van der Waals surface area contributed by atoms with Crippen molar-refractivity contribution in [3.8, 4) is 0 Å². The lowest BCUT2D eigenvalue weighted by atomic mass is 9.99. The highest BCUT2D eigenvalue weighted by molar-refractivity contribution is 8.04. The molecule has 0 spiro atoms. The van der Waals surface area contributed by atoms with Gasteiger partial charge in [-0.05, 0) is 48.6 Å². The molecule has 2 heterocycles. The van der Waals surface area contributed by atoms with Crippen LogP contribution in [-0.4, -0.2) is 34.7 Å².